The lowest BCUT2D eigenvalue weighted by atomic mass is 9.89. The zero-order valence-electron chi connectivity index (χ0n) is 15.2. The number of nitrogens with zero attached hydrogens (tertiary/aromatic N) is 2. The van der Waals surface area contributed by atoms with E-state index in [4.69, 9.17) is 18.9 Å². The molecule has 0 radical (unpaired) electrons. The molecule has 0 bridgehead atoms. The van der Waals surface area contributed by atoms with Gasteiger partial charge >= 0.3 is 6.01 Å². The van der Waals surface area contributed by atoms with Crippen LogP contribution in [0.25, 0.3) is 0 Å². The van der Waals surface area contributed by atoms with Crippen LogP contribution in [0.5, 0.6) is 6.01 Å². The van der Waals surface area contributed by atoms with Crippen LogP contribution in [0.15, 0.2) is 12.4 Å². The molecule has 8 nitrogen and oxygen atoms in total. The van der Waals surface area contributed by atoms with E-state index in [2.05, 4.69) is 30.7 Å². The van der Waals surface area contributed by atoms with E-state index < -0.39 is 43.1 Å². The van der Waals surface area contributed by atoms with Crippen molar-refractivity contribution in [3.05, 3.63) is 18.0 Å². The smallest absolute Gasteiger partial charge is 0.316 e. The minimum Gasteiger partial charge on any atom is -0.454 e. The van der Waals surface area contributed by atoms with Gasteiger partial charge in [0, 0.05) is 12.4 Å². The van der Waals surface area contributed by atoms with Gasteiger partial charge in [-0.15, -0.1) is 0 Å². The molecule has 0 spiro atoms. The van der Waals surface area contributed by atoms with E-state index >= 15 is 0 Å². The van der Waals surface area contributed by atoms with Crippen molar-refractivity contribution < 1.29 is 29.2 Å². The van der Waals surface area contributed by atoms with Crippen LogP contribution in [0, 0.1) is 0 Å². The van der Waals surface area contributed by atoms with Crippen LogP contribution in [0.2, 0.25) is 0 Å². The largest absolute Gasteiger partial charge is 0.454 e. The third-order valence-electron chi connectivity index (χ3n) is 4.33. The Bertz CT molecular complexity index is 600. The van der Waals surface area contributed by atoms with Crippen molar-refractivity contribution in [2.75, 3.05) is 6.61 Å². The van der Waals surface area contributed by atoms with E-state index in [1.54, 1.807) is 26.2 Å². The van der Waals surface area contributed by atoms with Gasteiger partial charge in [-0.2, -0.15) is 0 Å². The van der Waals surface area contributed by atoms with E-state index in [9.17, 15) is 10.2 Å². The number of fused-ring (bicyclic) bond motifs is 1. The zero-order valence-corrected chi connectivity index (χ0v) is 15.2. The van der Waals surface area contributed by atoms with Gasteiger partial charge in [-0.3, -0.25) is 0 Å². The van der Waals surface area contributed by atoms with Gasteiger partial charge in [-0.05, 0) is 24.8 Å². The molecule has 5 atom stereocenters. The van der Waals surface area contributed by atoms with Crippen molar-refractivity contribution in [1.82, 2.24) is 9.97 Å². The van der Waals surface area contributed by atoms with Gasteiger partial charge in [0.15, 0.2) is 24.3 Å². The molecule has 140 valence electrons. The first-order chi connectivity index (χ1) is 11.6. The highest BCUT2D eigenvalue weighted by Crippen LogP contribution is 2.39. The van der Waals surface area contributed by atoms with E-state index in [0.717, 1.165) is 5.56 Å². The molecule has 2 aliphatic rings. The lowest BCUT2D eigenvalue weighted by Crippen LogP contribution is -2.46. The number of rotatable bonds is 4. The molecule has 0 aliphatic carbocycles. The predicted octanol–water partition coefficient (Wildman–Crippen LogP) is 0.751. The summed E-state index contributed by atoms with van der Waals surface area (Å²) in [4.78, 5) is 8.50. The summed E-state index contributed by atoms with van der Waals surface area (Å²) in [6.07, 6.45) is -0.435. The molecule has 1 aromatic rings. The Morgan fingerprint density at radius 3 is 2.44 bits per heavy atom. The van der Waals surface area contributed by atoms with Crippen LogP contribution in [0.3, 0.4) is 0 Å². The van der Waals surface area contributed by atoms with Crippen molar-refractivity contribution in [3.63, 3.8) is 0 Å². The van der Waals surface area contributed by atoms with E-state index in [1.165, 1.54) is 0 Å². The SMILES string of the molecule is CC1(C)O[C@H]2O[C@H](C(O)CO)[C@H](Oc3ncc(C(C)(C)C)cn3)[C@H]2O1. The van der Waals surface area contributed by atoms with Crippen LogP contribution >= 0.6 is 0 Å². The molecule has 3 rings (SSSR count). The van der Waals surface area contributed by atoms with Crippen LogP contribution < -0.4 is 4.74 Å². The number of aliphatic hydroxyl groups is 2. The molecule has 1 aromatic heterocycles. The van der Waals surface area contributed by atoms with Crippen LogP contribution in [0.1, 0.15) is 40.2 Å². The molecule has 3 heterocycles. The van der Waals surface area contributed by atoms with E-state index in [1.807, 2.05) is 0 Å². The third kappa shape index (κ3) is 3.78. The molecular weight excluding hydrogens is 328 g/mol. The molecule has 0 amide bonds. The minimum absolute atomic E-state index is 0.0673. The molecule has 25 heavy (non-hydrogen) atoms. The lowest BCUT2D eigenvalue weighted by molar-refractivity contribution is -0.225. The molecule has 2 saturated heterocycles. The Labute approximate surface area is 147 Å². The van der Waals surface area contributed by atoms with Gasteiger partial charge in [0.1, 0.15) is 12.2 Å². The summed E-state index contributed by atoms with van der Waals surface area (Å²) in [7, 11) is 0. The van der Waals surface area contributed by atoms with Crippen molar-refractivity contribution >= 4 is 0 Å². The van der Waals surface area contributed by atoms with Crippen molar-refractivity contribution in [3.8, 4) is 6.01 Å². The maximum atomic E-state index is 10.0. The summed E-state index contributed by atoms with van der Waals surface area (Å²) < 4.78 is 23.1. The molecule has 2 N–H and O–H groups in total. The number of hydrogen-bond acceptors (Lipinski definition) is 8. The highest BCUT2D eigenvalue weighted by Gasteiger charge is 2.58. The van der Waals surface area contributed by atoms with Gasteiger partial charge < -0.3 is 29.2 Å². The molecule has 2 fully saturated rings. The van der Waals surface area contributed by atoms with Crippen LogP contribution in [0.4, 0.5) is 0 Å². The summed E-state index contributed by atoms with van der Waals surface area (Å²) in [5.41, 5.74) is 0.913. The lowest BCUT2D eigenvalue weighted by Gasteiger charge is -2.27. The fourth-order valence-corrected chi connectivity index (χ4v) is 2.94. The summed E-state index contributed by atoms with van der Waals surface area (Å²) >= 11 is 0. The Kier molecular flexibility index (Phi) is 4.76. The van der Waals surface area contributed by atoms with Gasteiger partial charge in [0.05, 0.1) is 6.61 Å². The summed E-state index contributed by atoms with van der Waals surface area (Å²) in [5.74, 6) is -0.816. The summed E-state index contributed by atoms with van der Waals surface area (Å²) in [6.45, 7) is 9.30. The summed E-state index contributed by atoms with van der Waals surface area (Å²) in [6, 6.07) is 0.158. The second kappa shape index (κ2) is 6.44. The number of aliphatic hydroxyl groups excluding tert-OH is 2. The normalized spacial score (nSPS) is 32.4. The van der Waals surface area contributed by atoms with E-state index in [-0.39, 0.29) is 11.4 Å². The first kappa shape index (κ1) is 18.5. The monoisotopic (exact) mass is 354 g/mol. The number of hydrogen-bond donors (Lipinski definition) is 2. The van der Waals surface area contributed by atoms with Crippen molar-refractivity contribution in [2.45, 2.75) is 76.5 Å². The molecule has 1 unspecified atom stereocenters. The predicted molar refractivity (Wildman–Crippen MR) is 86.9 cm³/mol. The van der Waals surface area contributed by atoms with Gasteiger partial charge in [0.2, 0.25) is 0 Å². The maximum Gasteiger partial charge on any atom is 0.316 e. The van der Waals surface area contributed by atoms with E-state index in [0.29, 0.717) is 0 Å². The van der Waals surface area contributed by atoms with Crippen LogP contribution in [-0.2, 0) is 19.6 Å². The average molecular weight is 354 g/mol. The maximum absolute atomic E-state index is 10.0. The van der Waals surface area contributed by atoms with Crippen LogP contribution in [-0.4, -0.2) is 63.3 Å². The first-order valence-corrected chi connectivity index (χ1v) is 8.40. The molecule has 8 heteroatoms. The summed E-state index contributed by atoms with van der Waals surface area (Å²) in [5, 5.41) is 19.3. The van der Waals surface area contributed by atoms with Crippen molar-refractivity contribution in [2.24, 2.45) is 0 Å². The number of ether oxygens (including phenoxy) is 4. The number of aromatic nitrogens is 2. The highest BCUT2D eigenvalue weighted by atomic mass is 16.8. The second-order valence-electron chi connectivity index (χ2n) is 7.91. The first-order valence-electron chi connectivity index (χ1n) is 8.40. The topological polar surface area (TPSA) is 103 Å². The van der Waals surface area contributed by atoms with Gasteiger partial charge in [0.25, 0.3) is 0 Å². The Morgan fingerprint density at radius 2 is 1.88 bits per heavy atom. The average Bonchev–Trinajstić information content (AvgIpc) is 2.99. The molecular formula is C17H26N2O6. The molecule has 2 aliphatic heterocycles. The fraction of sp³-hybridized carbons (Fsp3) is 0.765. The van der Waals surface area contributed by atoms with Crippen molar-refractivity contribution in [1.29, 1.82) is 0 Å². The zero-order chi connectivity index (χ0) is 18.4. The Morgan fingerprint density at radius 1 is 1.24 bits per heavy atom. The quantitative estimate of drug-likeness (QED) is 0.816. The minimum atomic E-state index is -1.13. The highest BCUT2D eigenvalue weighted by molar-refractivity contribution is 5.17. The fourth-order valence-electron chi connectivity index (χ4n) is 2.94. The standard InChI is InChI=1S/C17H26N2O6/c1-16(2,3)9-6-18-15(19-7-9)23-12-11(10(21)8-20)22-14-13(12)24-17(4,5)25-14/h6-7,10-14,20-21H,8H2,1-5H3/t10?,11-,12+,13-,14-/m1/s1. The Balaban J connectivity index is 1.79. The second-order valence-corrected chi connectivity index (χ2v) is 7.91. The molecule has 0 aromatic carbocycles. The van der Waals surface area contributed by atoms with Gasteiger partial charge in [-0.1, -0.05) is 20.8 Å². The third-order valence-corrected chi connectivity index (χ3v) is 4.33. The Hall–Kier alpha value is -1.32. The van der Waals surface area contributed by atoms with Gasteiger partial charge in [-0.25, -0.2) is 9.97 Å². The molecule has 0 saturated carbocycles.